The summed E-state index contributed by atoms with van der Waals surface area (Å²) in [6, 6.07) is 10.3. The van der Waals surface area contributed by atoms with Gasteiger partial charge in [0, 0.05) is 32.5 Å². The molecule has 1 aromatic rings. The summed E-state index contributed by atoms with van der Waals surface area (Å²) in [5, 5.41) is 6.56. The van der Waals surface area contributed by atoms with Gasteiger partial charge in [-0.3, -0.25) is 4.99 Å². The predicted molar refractivity (Wildman–Crippen MR) is 93.2 cm³/mol. The first-order chi connectivity index (χ1) is 10.3. The fourth-order valence-electron chi connectivity index (χ4n) is 1.85. The van der Waals surface area contributed by atoms with E-state index in [9.17, 15) is 0 Å². The molecule has 0 aliphatic rings. The third-order valence-corrected chi connectivity index (χ3v) is 3.69. The molecule has 0 heterocycles. The van der Waals surface area contributed by atoms with Crippen LogP contribution in [0.25, 0.3) is 0 Å². The average molecular weight is 309 g/mol. The van der Waals surface area contributed by atoms with Crippen LogP contribution >= 0.6 is 11.8 Å². The minimum atomic E-state index is 0.144. The fraction of sp³-hybridized carbons (Fsp3) is 0.562. The Hall–Kier alpha value is -1.20. The van der Waals surface area contributed by atoms with Gasteiger partial charge < -0.3 is 15.4 Å². The van der Waals surface area contributed by atoms with Crippen molar-refractivity contribution >= 4 is 17.7 Å². The zero-order valence-electron chi connectivity index (χ0n) is 13.3. The molecule has 0 aliphatic carbocycles. The Morgan fingerprint density at radius 1 is 1.24 bits per heavy atom. The SMILES string of the molecule is CN=C(NCCCOC(C)c1ccccc1)NCCSC. The lowest BCUT2D eigenvalue weighted by molar-refractivity contribution is 0.0646. The summed E-state index contributed by atoms with van der Waals surface area (Å²) in [5.74, 6) is 1.94. The maximum Gasteiger partial charge on any atom is 0.191 e. The first-order valence-corrected chi connectivity index (χ1v) is 8.77. The minimum absolute atomic E-state index is 0.144. The normalized spacial score (nSPS) is 13.0. The summed E-state index contributed by atoms with van der Waals surface area (Å²) in [6.45, 7) is 4.62. The molecule has 21 heavy (non-hydrogen) atoms. The summed E-state index contributed by atoms with van der Waals surface area (Å²) in [4.78, 5) is 4.18. The molecule has 118 valence electrons. The Bertz CT molecular complexity index is 398. The third kappa shape index (κ3) is 7.97. The molecule has 1 atom stereocenters. The molecule has 0 amide bonds. The Balaban J connectivity index is 2.11. The lowest BCUT2D eigenvalue weighted by atomic mass is 10.1. The van der Waals surface area contributed by atoms with E-state index in [2.05, 4.69) is 40.9 Å². The largest absolute Gasteiger partial charge is 0.374 e. The molecule has 1 rings (SSSR count). The van der Waals surface area contributed by atoms with E-state index in [1.54, 1.807) is 7.05 Å². The Morgan fingerprint density at radius 2 is 1.95 bits per heavy atom. The lowest BCUT2D eigenvalue weighted by Gasteiger charge is -2.14. The van der Waals surface area contributed by atoms with Crippen molar-refractivity contribution in [3.8, 4) is 0 Å². The molecule has 0 radical (unpaired) electrons. The standard InChI is InChI=1S/C16H27N3OS/c1-14(15-8-5-4-6-9-15)20-12-7-10-18-16(17-2)19-11-13-21-3/h4-6,8-9,14H,7,10-13H2,1-3H3,(H2,17,18,19). The average Bonchev–Trinajstić information content (AvgIpc) is 2.53. The second-order valence-electron chi connectivity index (χ2n) is 4.70. The van der Waals surface area contributed by atoms with E-state index < -0.39 is 0 Å². The van der Waals surface area contributed by atoms with Gasteiger partial charge in [-0.25, -0.2) is 0 Å². The molecule has 0 saturated heterocycles. The van der Waals surface area contributed by atoms with Crippen LogP contribution in [0.2, 0.25) is 0 Å². The van der Waals surface area contributed by atoms with Crippen LogP contribution in [0.1, 0.15) is 25.0 Å². The van der Waals surface area contributed by atoms with Gasteiger partial charge in [0.2, 0.25) is 0 Å². The van der Waals surface area contributed by atoms with Crippen LogP contribution in [0.3, 0.4) is 0 Å². The van der Waals surface area contributed by atoms with Crippen molar-refractivity contribution in [3.05, 3.63) is 35.9 Å². The highest BCUT2D eigenvalue weighted by atomic mass is 32.2. The molecule has 0 saturated carbocycles. The van der Waals surface area contributed by atoms with Gasteiger partial charge in [0.25, 0.3) is 0 Å². The summed E-state index contributed by atoms with van der Waals surface area (Å²) in [6.07, 6.45) is 3.20. The minimum Gasteiger partial charge on any atom is -0.374 e. The number of ether oxygens (including phenoxy) is 1. The second-order valence-corrected chi connectivity index (χ2v) is 5.68. The van der Waals surface area contributed by atoms with E-state index in [0.717, 1.165) is 37.8 Å². The first-order valence-electron chi connectivity index (χ1n) is 7.38. The van der Waals surface area contributed by atoms with Crippen LogP contribution in [0.4, 0.5) is 0 Å². The molecule has 5 heteroatoms. The topological polar surface area (TPSA) is 45.7 Å². The number of hydrogen-bond donors (Lipinski definition) is 2. The van der Waals surface area contributed by atoms with Gasteiger partial charge in [0.05, 0.1) is 6.10 Å². The van der Waals surface area contributed by atoms with E-state index >= 15 is 0 Å². The zero-order chi connectivity index (χ0) is 15.3. The van der Waals surface area contributed by atoms with Gasteiger partial charge >= 0.3 is 0 Å². The molecule has 0 aliphatic heterocycles. The molecule has 1 aromatic carbocycles. The Morgan fingerprint density at radius 3 is 2.62 bits per heavy atom. The van der Waals surface area contributed by atoms with Crippen LogP contribution in [0.15, 0.2) is 35.3 Å². The fourth-order valence-corrected chi connectivity index (χ4v) is 2.16. The van der Waals surface area contributed by atoms with E-state index in [1.807, 2.05) is 30.0 Å². The van der Waals surface area contributed by atoms with Crippen molar-refractivity contribution in [3.63, 3.8) is 0 Å². The lowest BCUT2D eigenvalue weighted by Crippen LogP contribution is -2.39. The van der Waals surface area contributed by atoms with Crippen LogP contribution in [0, 0.1) is 0 Å². The summed E-state index contributed by atoms with van der Waals surface area (Å²) in [5.41, 5.74) is 1.22. The Labute approximate surface area is 132 Å². The molecule has 1 unspecified atom stereocenters. The maximum atomic E-state index is 5.84. The quantitative estimate of drug-likeness (QED) is 0.418. The van der Waals surface area contributed by atoms with Crippen LogP contribution in [-0.4, -0.2) is 44.7 Å². The Kier molecular flexibility index (Phi) is 9.74. The van der Waals surface area contributed by atoms with Gasteiger partial charge in [-0.05, 0) is 25.2 Å². The molecule has 0 fully saturated rings. The number of nitrogens with one attached hydrogen (secondary N) is 2. The molecular weight excluding hydrogens is 282 g/mol. The number of hydrogen-bond acceptors (Lipinski definition) is 3. The van der Waals surface area contributed by atoms with Gasteiger partial charge in [-0.15, -0.1) is 0 Å². The van der Waals surface area contributed by atoms with Crippen molar-refractivity contribution in [2.45, 2.75) is 19.4 Å². The van der Waals surface area contributed by atoms with Crippen molar-refractivity contribution < 1.29 is 4.74 Å². The van der Waals surface area contributed by atoms with Crippen LogP contribution in [-0.2, 0) is 4.74 Å². The summed E-state index contributed by atoms with van der Waals surface area (Å²) < 4.78 is 5.84. The number of nitrogens with zero attached hydrogens (tertiary/aromatic N) is 1. The molecule has 0 bridgehead atoms. The monoisotopic (exact) mass is 309 g/mol. The van der Waals surface area contributed by atoms with Crippen molar-refractivity contribution in [2.24, 2.45) is 4.99 Å². The number of thioether (sulfide) groups is 1. The molecule has 0 spiro atoms. The summed E-state index contributed by atoms with van der Waals surface area (Å²) >= 11 is 1.82. The second kappa shape index (κ2) is 11.5. The van der Waals surface area contributed by atoms with E-state index in [0.29, 0.717) is 0 Å². The van der Waals surface area contributed by atoms with E-state index in [1.165, 1.54) is 5.56 Å². The van der Waals surface area contributed by atoms with Gasteiger partial charge in [0.15, 0.2) is 5.96 Å². The van der Waals surface area contributed by atoms with Gasteiger partial charge in [-0.1, -0.05) is 30.3 Å². The maximum absolute atomic E-state index is 5.84. The molecule has 4 nitrogen and oxygen atoms in total. The van der Waals surface area contributed by atoms with Crippen molar-refractivity contribution in [1.29, 1.82) is 0 Å². The number of aliphatic imine (C=N–C) groups is 1. The van der Waals surface area contributed by atoms with Gasteiger partial charge in [-0.2, -0.15) is 11.8 Å². The predicted octanol–water partition coefficient (Wildman–Crippen LogP) is 2.68. The van der Waals surface area contributed by atoms with E-state index in [-0.39, 0.29) is 6.10 Å². The highest BCUT2D eigenvalue weighted by Crippen LogP contribution is 2.15. The zero-order valence-corrected chi connectivity index (χ0v) is 14.1. The molecule has 0 aromatic heterocycles. The highest BCUT2D eigenvalue weighted by molar-refractivity contribution is 7.98. The smallest absolute Gasteiger partial charge is 0.191 e. The van der Waals surface area contributed by atoms with Crippen molar-refractivity contribution in [2.75, 3.05) is 38.8 Å². The molecular formula is C16H27N3OS. The summed E-state index contributed by atoms with van der Waals surface area (Å²) in [7, 11) is 1.79. The number of guanidine groups is 1. The van der Waals surface area contributed by atoms with Gasteiger partial charge in [0.1, 0.15) is 0 Å². The van der Waals surface area contributed by atoms with Crippen LogP contribution in [0.5, 0.6) is 0 Å². The highest BCUT2D eigenvalue weighted by Gasteiger charge is 2.04. The third-order valence-electron chi connectivity index (χ3n) is 3.07. The molecule has 2 N–H and O–H groups in total. The van der Waals surface area contributed by atoms with E-state index in [4.69, 9.17) is 4.74 Å². The number of rotatable bonds is 9. The number of benzene rings is 1. The van der Waals surface area contributed by atoms with Crippen molar-refractivity contribution in [1.82, 2.24) is 10.6 Å². The first kappa shape index (κ1) is 17.9. The van der Waals surface area contributed by atoms with Crippen LogP contribution < -0.4 is 10.6 Å².